The first kappa shape index (κ1) is 14.2. The van der Waals surface area contributed by atoms with E-state index in [4.69, 9.17) is 0 Å². The second-order valence-corrected chi connectivity index (χ2v) is 5.46. The Morgan fingerprint density at radius 1 is 1.14 bits per heavy atom. The van der Waals surface area contributed by atoms with Crippen molar-refractivity contribution in [3.63, 3.8) is 0 Å². The van der Waals surface area contributed by atoms with Crippen molar-refractivity contribution in [3.05, 3.63) is 52.6 Å². The number of hydrogen-bond donors (Lipinski definition) is 3. The zero-order chi connectivity index (χ0) is 16.0. The smallest absolute Gasteiger partial charge is 0.340 e. The monoisotopic (exact) mass is 296 g/mol. The lowest BCUT2D eigenvalue weighted by Gasteiger charge is -2.25. The van der Waals surface area contributed by atoms with Gasteiger partial charge in [0.05, 0.1) is 0 Å². The molecule has 4 nitrogen and oxygen atoms in total. The lowest BCUT2D eigenvalue weighted by atomic mass is 9.80. The molecule has 0 radical (unpaired) electrons. The van der Waals surface area contributed by atoms with Gasteiger partial charge in [-0.05, 0) is 65.3 Å². The summed E-state index contributed by atoms with van der Waals surface area (Å²) in [6, 6.07) is 4.93. The first-order chi connectivity index (χ1) is 10.5. The van der Waals surface area contributed by atoms with Crippen LogP contribution in [0.5, 0.6) is 11.5 Å². The van der Waals surface area contributed by atoms with Crippen molar-refractivity contribution in [1.29, 1.82) is 0 Å². The molecule has 0 atom stereocenters. The van der Waals surface area contributed by atoms with Crippen LogP contribution in [0.15, 0.2) is 24.8 Å². The van der Waals surface area contributed by atoms with Crippen LogP contribution in [0, 0.1) is 6.92 Å². The molecule has 0 spiro atoms. The van der Waals surface area contributed by atoms with E-state index >= 15 is 0 Å². The minimum Gasteiger partial charge on any atom is -0.508 e. The molecule has 2 aromatic carbocycles. The van der Waals surface area contributed by atoms with E-state index < -0.39 is 5.97 Å². The number of phenols is 2. The average molecular weight is 296 g/mol. The Hall–Kier alpha value is -2.75. The number of benzene rings is 2. The molecule has 0 saturated heterocycles. The highest BCUT2D eigenvalue weighted by molar-refractivity contribution is 5.98. The lowest BCUT2D eigenvalue weighted by molar-refractivity contribution is 0.0693. The van der Waals surface area contributed by atoms with Crippen molar-refractivity contribution in [1.82, 2.24) is 0 Å². The first-order valence-electron chi connectivity index (χ1n) is 7.02. The first-order valence-corrected chi connectivity index (χ1v) is 7.02. The highest BCUT2D eigenvalue weighted by Gasteiger charge is 2.26. The van der Waals surface area contributed by atoms with Crippen LogP contribution < -0.4 is 0 Å². The van der Waals surface area contributed by atoms with Gasteiger partial charge in [-0.25, -0.2) is 4.79 Å². The van der Waals surface area contributed by atoms with Crippen LogP contribution >= 0.6 is 0 Å². The van der Waals surface area contributed by atoms with Gasteiger partial charge < -0.3 is 15.3 Å². The molecule has 1 aliphatic rings. The summed E-state index contributed by atoms with van der Waals surface area (Å²) in [4.78, 5) is 11.4. The maximum Gasteiger partial charge on any atom is 0.340 e. The second-order valence-electron chi connectivity index (χ2n) is 5.46. The largest absolute Gasteiger partial charge is 0.508 e. The van der Waals surface area contributed by atoms with Gasteiger partial charge in [-0.1, -0.05) is 18.7 Å². The molecule has 0 unspecified atom stereocenters. The van der Waals surface area contributed by atoms with Crippen LogP contribution in [-0.2, 0) is 12.8 Å². The zero-order valence-corrected chi connectivity index (χ0v) is 12.2. The molecule has 3 N–H and O–H groups in total. The van der Waals surface area contributed by atoms with E-state index in [0.29, 0.717) is 18.4 Å². The summed E-state index contributed by atoms with van der Waals surface area (Å²) in [5.41, 5.74) is 4.83. The Morgan fingerprint density at radius 2 is 1.82 bits per heavy atom. The molecular formula is C18H16O4. The van der Waals surface area contributed by atoms with Crippen LogP contribution in [0.3, 0.4) is 0 Å². The molecule has 0 fully saturated rings. The van der Waals surface area contributed by atoms with E-state index in [2.05, 4.69) is 6.58 Å². The maximum absolute atomic E-state index is 11.4. The summed E-state index contributed by atoms with van der Waals surface area (Å²) in [5.74, 6) is -1.18. The van der Waals surface area contributed by atoms with Gasteiger partial charge in [0.25, 0.3) is 0 Å². The average Bonchev–Trinajstić information content (AvgIpc) is 2.48. The Balaban J connectivity index is 2.36. The fourth-order valence-corrected chi connectivity index (χ4v) is 3.26. The molecule has 0 saturated carbocycles. The van der Waals surface area contributed by atoms with Crippen LogP contribution in [0.2, 0.25) is 0 Å². The number of carboxylic acid groups (broad SMARTS) is 1. The van der Waals surface area contributed by atoms with E-state index in [-0.39, 0.29) is 17.1 Å². The van der Waals surface area contributed by atoms with Gasteiger partial charge in [-0.3, -0.25) is 0 Å². The molecule has 0 aromatic heterocycles. The summed E-state index contributed by atoms with van der Waals surface area (Å²) in [5, 5.41) is 29.3. The van der Waals surface area contributed by atoms with Gasteiger partial charge >= 0.3 is 5.97 Å². The summed E-state index contributed by atoms with van der Waals surface area (Å²) < 4.78 is 0. The topological polar surface area (TPSA) is 77.8 Å². The number of phenolic OH excluding ortho intramolecular Hbond substituents is 1. The minimum absolute atomic E-state index is 0.104. The number of carbonyl (C=O) groups is 1. The Bertz CT molecular complexity index is 819. The van der Waals surface area contributed by atoms with Crippen molar-refractivity contribution < 1.29 is 20.1 Å². The number of rotatable bonds is 2. The number of carboxylic acids is 1. The molecule has 112 valence electrons. The summed E-state index contributed by atoms with van der Waals surface area (Å²) >= 11 is 0. The minimum atomic E-state index is -1.16. The SMILES string of the molecule is C=Cc1c2c(cc(O)c1C(=O)O)-c1ccc(O)c(C)c1CC2. The predicted molar refractivity (Wildman–Crippen MR) is 84.4 cm³/mol. The highest BCUT2D eigenvalue weighted by Crippen LogP contribution is 2.42. The molecule has 0 amide bonds. The third kappa shape index (κ3) is 1.88. The molecule has 22 heavy (non-hydrogen) atoms. The van der Waals surface area contributed by atoms with Crippen LogP contribution in [0.25, 0.3) is 17.2 Å². The van der Waals surface area contributed by atoms with Gasteiger partial charge in [0, 0.05) is 0 Å². The van der Waals surface area contributed by atoms with Gasteiger partial charge in [-0.15, -0.1) is 0 Å². The van der Waals surface area contributed by atoms with Gasteiger partial charge in [0.1, 0.15) is 17.1 Å². The molecule has 4 heteroatoms. The number of aromatic hydroxyl groups is 2. The summed E-state index contributed by atoms with van der Waals surface area (Å²) in [6.45, 7) is 5.56. The van der Waals surface area contributed by atoms with Crippen molar-refractivity contribution >= 4 is 12.0 Å². The van der Waals surface area contributed by atoms with E-state index in [1.165, 1.54) is 12.1 Å². The lowest BCUT2D eigenvalue weighted by Crippen LogP contribution is -2.11. The molecule has 0 bridgehead atoms. The van der Waals surface area contributed by atoms with Gasteiger partial charge in [0.2, 0.25) is 0 Å². The standard InChI is InChI=1S/C18H16O4/c1-3-10-12-5-4-11-9(2)15(19)7-6-13(11)14(12)8-16(20)17(10)18(21)22/h3,6-8,19-20H,1,4-5H2,2H3,(H,21,22). The second kappa shape index (κ2) is 4.91. The van der Waals surface area contributed by atoms with E-state index in [1.54, 1.807) is 6.07 Å². The fraction of sp³-hybridized carbons (Fsp3) is 0.167. The molecule has 1 aliphatic carbocycles. The van der Waals surface area contributed by atoms with Crippen molar-refractivity contribution in [2.24, 2.45) is 0 Å². The normalized spacial score (nSPS) is 12.4. The van der Waals surface area contributed by atoms with E-state index in [0.717, 1.165) is 27.8 Å². The zero-order valence-electron chi connectivity index (χ0n) is 12.2. The van der Waals surface area contributed by atoms with Crippen LogP contribution in [-0.4, -0.2) is 21.3 Å². The maximum atomic E-state index is 11.4. The van der Waals surface area contributed by atoms with Crippen LogP contribution in [0.4, 0.5) is 0 Å². The van der Waals surface area contributed by atoms with Gasteiger partial charge in [0.15, 0.2) is 0 Å². The van der Waals surface area contributed by atoms with Crippen LogP contribution in [0.1, 0.15) is 32.6 Å². The summed E-state index contributed by atoms with van der Waals surface area (Å²) in [6.07, 6.45) is 2.85. The number of hydrogen-bond acceptors (Lipinski definition) is 3. The molecule has 3 rings (SSSR count). The fourth-order valence-electron chi connectivity index (χ4n) is 3.26. The Kier molecular flexibility index (Phi) is 3.17. The predicted octanol–water partition coefficient (Wildman–Crippen LogP) is 3.51. The third-order valence-electron chi connectivity index (χ3n) is 4.36. The third-order valence-corrected chi connectivity index (χ3v) is 4.36. The van der Waals surface area contributed by atoms with E-state index in [9.17, 15) is 20.1 Å². The number of aromatic carboxylic acids is 1. The van der Waals surface area contributed by atoms with Crippen molar-refractivity contribution in [2.75, 3.05) is 0 Å². The summed E-state index contributed by atoms with van der Waals surface area (Å²) in [7, 11) is 0. The molecule has 2 aromatic rings. The Labute approximate surface area is 128 Å². The number of fused-ring (bicyclic) bond motifs is 3. The molecule has 0 aliphatic heterocycles. The highest BCUT2D eigenvalue weighted by atomic mass is 16.4. The van der Waals surface area contributed by atoms with Crippen molar-refractivity contribution in [3.8, 4) is 22.6 Å². The van der Waals surface area contributed by atoms with E-state index in [1.807, 2.05) is 13.0 Å². The molecular weight excluding hydrogens is 280 g/mol. The Morgan fingerprint density at radius 3 is 2.45 bits per heavy atom. The molecule has 0 heterocycles. The van der Waals surface area contributed by atoms with Crippen molar-refractivity contribution in [2.45, 2.75) is 19.8 Å². The van der Waals surface area contributed by atoms with Gasteiger partial charge in [-0.2, -0.15) is 0 Å². The quantitative estimate of drug-likeness (QED) is 0.792.